The van der Waals surface area contributed by atoms with Gasteiger partial charge in [-0.3, -0.25) is 0 Å². The summed E-state index contributed by atoms with van der Waals surface area (Å²) in [5, 5.41) is 4.94. The van der Waals surface area contributed by atoms with Crippen molar-refractivity contribution >= 4 is 80.0 Å². The van der Waals surface area contributed by atoms with Crippen molar-refractivity contribution in [3.05, 3.63) is 309 Å². The summed E-state index contributed by atoms with van der Waals surface area (Å²) in [5.41, 5.74) is 29.5. The lowest BCUT2D eigenvalue weighted by atomic mass is 9.81. The van der Waals surface area contributed by atoms with Gasteiger partial charge in [0, 0.05) is 44.4 Å². The second kappa shape index (κ2) is 20.6. The number of hydrogen-bond acceptors (Lipinski definition) is 2. The van der Waals surface area contributed by atoms with Gasteiger partial charge in [-0.25, -0.2) is 0 Å². The second-order valence-electron chi connectivity index (χ2n) is 24.6. The van der Waals surface area contributed by atoms with E-state index in [1.54, 1.807) is 0 Å². The fourth-order valence-electron chi connectivity index (χ4n) is 13.8. The Hall–Kier alpha value is -9.76. The molecule has 0 N–H and O–H groups in total. The first-order chi connectivity index (χ1) is 40.7. The van der Waals surface area contributed by atoms with Gasteiger partial charge in [0.15, 0.2) is 0 Å². The number of fused-ring (bicyclic) bond motifs is 8. The van der Waals surface area contributed by atoms with E-state index < -0.39 is 0 Å². The number of hydrogen-bond donors (Lipinski definition) is 0. The molecule has 0 aliphatic heterocycles. The molecule has 0 atom stereocenters. The Kier molecular flexibility index (Phi) is 12.8. The average molecular weight is 1080 g/mol. The molecular weight excluding hydrogens is 1010 g/mol. The molecule has 2 heteroatoms. The van der Waals surface area contributed by atoms with Crippen LogP contribution in [0.1, 0.15) is 94.5 Å². The molecule has 12 aromatic rings. The zero-order valence-corrected chi connectivity index (χ0v) is 49.3. The molecule has 84 heavy (non-hydrogen) atoms. The fourth-order valence-corrected chi connectivity index (χ4v) is 13.8. The van der Waals surface area contributed by atoms with Crippen molar-refractivity contribution in [1.82, 2.24) is 0 Å². The highest BCUT2D eigenvalue weighted by Gasteiger charge is 2.38. The molecule has 0 unspecified atom stereocenters. The number of nitrogens with zero attached hydrogens (tertiary/aromatic N) is 2. The number of rotatable bonds is 11. The molecule has 12 aromatic carbocycles. The van der Waals surface area contributed by atoms with Crippen molar-refractivity contribution in [3.63, 3.8) is 0 Å². The van der Waals surface area contributed by atoms with Crippen LogP contribution in [0.5, 0.6) is 0 Å². The van der Waals surface area contributed by atoms with E-state index >= 15 is 0 Å². The normalized spacial score (nSPS) is 13.6. The minimum Gasteiger partial charge on any atom is -0.310 e. The van der Waals surface area contributed by atoms with Crippen LogP contribution in [0.4, 0.5) is 34.1 Å². The summed E-state index contributed by atoms with van der Waals surface area (Å²) in [5.74, 6) is 0. The third-order valence-corrected chi connectivity index (χ3v) is 17.9. The van der Waals surface area contributed by atoms with E-state index in [1.807, 2.05) is 0 Å². The maximum Gasteiger partial charge on any atom is 0.0540 e. The van der Waals surface area contributed by atoms with Gasteiger partial charge in [-0.1, -0.05) is 234 Å². The highest BCUT2D eigenvalue weighted by atomic mass is 15.1. The molecule has 0 fully saturated rings. The van der Waals surface area contributed by atoms with Gasteiger partial charge >= 0.3 is 0 Å². The summed E-state index contributed by atoms with van der Waals surface area (Å²) in [6.07, 6.45) is 9.00. The van der Waals surface area contributed by atoms with Crippen LogP contribution in [0, 0.1) is 27.7 Å². The molecule has 2 nitrogen and oxygen atoms in total. The topological polar surface area (TPSA) is 6.48 Å². The van der Waals surface area contributed by atoms with Crippen molar-refractivity contribution in [3.8, 4) is 33.4 Å². The average Bonchev–Trinajstić information content (AvgIpc) is 3.51. The third-order valence-electron chi connectivity index (χ3n) is 17.9. The largest absolute Gasteiger partial charge is 0.310 e. The first-order valence-corrected chi connectivity index (χ1v) is 29.6. The zero-order valence-electron chi connectivity index (χ0n) is 49.3. The Morgan fingerprint density at radius 3 is 0.988 bits per heavy atom. The van der Waals surface area contributed by atoms with Crippen LogP contribution in [0.25, 0.3) is 79.2 Å². The standard InChI is InChI=1S/C82H68N2/c1-53-43-54(2)46-67(45-53)83(79-21-13-17-63-15-9-11-19-69(63)79)65-37-41-73-71-39-31-59(49-75(71)81(5,6)77(73)51-65)25-23-57-27-33-61(34-28-57)62-35-29-58(30-36-62)24-26-60-32-40-72-74-42-38-66(52-78(74)82(7,8)76(72)50-60)84(68-47-55(3)44-56(4)48-68)80-22-14-18-64-16-10-12-20-70(64)80/h9-52H,1-8H3/b25-23+,26-24+. The predicted octanol–water partition coefficient (Wildman–Crippen LogP) is 22.8. The van der Waals surface area contributed by atoms with Crippen LogP contribution in [0.3, 0.4) is 0 Å². The first-order valence-electron chi connectivity index (χ1n) is 29.6. The van der Waals surface area contributed by atoms with Gasteiger partial charge in [0.2, 0.25) is 0 Å². The molecule has 0 bridgehead atoms. The molecular formula is C82H68N2. The lowest BCUT2D eigenvalue weighted by Gasteiger charge is -2.29. The number of anilines is 6. The molecule has 406 valence electrons. The smallest absolute Gasteiger partial charge is 0.0540 e. The summed E-state index contributed by atoms with van der Waals surface area (Å²) in [6.45, 7) is 18.3. The maximum absolute atomic E-state index is 2.45. The van der Waals surface area contributed by atoms with Gasteiger partial charge in [0.1, 0.15) is 0 Å². The first kappa shape index (κ1) is 52.3. The summed E-state index contributed by atoms with van der Waals surface area (Å²) in [6, 6.07) is 90.5. The van der Waals surface area contributed by atoms with E-state index in [2.05, 4.69) is 332 Å². The van der Waals surface area contributed by atoms with Gasteiger partial charge in [-0.05, 0) is 199 Å². The molecule has 0 saturated carbocycles. The van der Waals surface area contributed by atoms with Gasteiger partial charge in [0.05, 0.1) is 11.4 Å². The Balaban J connectivity index is 0.667. The Morgan fingerprint density at radius 1 is 0.274 bits per heavy atom. The van der Waals surface area contributed by atoms with Crippen LogP contribution in [0.15, 0.2) is 243 Å². The van der Waals surface area contributed by atoms with Crippen LogP contribution >= 0.6 is 0 Å². The molecule has 0 amide bonds. The van der Waals surface area contributed by atoms with E-state index in [0.29, 0.717) is 0 Å². The lowest BCUT2D eigenvalue weighted by Crippen LogP contribution is -2.17. The van der Waals surface area contributed by atoms with Crippen molar-refractivity contribution < 1.29 is 0 Å². The monoisotopic (exact) mass is 1080 g/mol. The maximum atomic E-state index is 2.45. The Labute approximate surface area is 496 Å². The highest BCUT2D eigenvalue weighted by molar-refractivity contribution is 6.01. The molecule has 0 radical (unpaired) electrons. The van der Waals surface area contributed by atoms with Crippen molar-refractivity contribution in [2.45, 2.75) is 66.2 Å². The summed E-state index contributed by atoms with van der Waals surface area (Å²) >= 11 is 0. The summed E-state index contributed by atoms with van der Waals surface area (Å²) in [4.78, 5) is 4.90. The lowest BCUT2D eigenvalue weighted by molar-refractivity contribution is 0.660. The van der Waals surface area contributed by atoms with E-state index in [9.17, 15) is 0 Å². The van der Waals surface area contributed by atoms with Gasteiger partial charge in [-0.15, -0.1) is 0 Å². The van der Waals surface area contributed by atoms with E-state index in [0.717, 1.165) is 0 Å². The Morgan fingerprint density at radius 2 is 0.595 bits per heavy atom. The molecule has 2 aliphatic rings. The SMILES string of the molecule is Cc1cc(C)cc(N(c2ccc3c(c2)C(C)(C)c2cc(/C=C/c4ccc(-c5ccc(/C=C/c6ccc7c(c6)C(C)(C)c6cc(N(c8cc(C)cc(C)c8)c8cccc9ccccc89)ccc6-7)cc5)cc4)ccc2-3)c2cccc3ccccc23)c1. The summed E-state index contributed by atoms with van der Waals surface area (Å²) in [7, 11) is 0. The van der Waals surface area contributed by atoms with Crippen LogP contribution in [0.2, 0.25) is 0 Å². The Bertz CT molecular complexity index is 4290. The second-order valence-corrected chi connectivity index (χ2v) is 24.6. The summed E-state index contributed by atoms with van der Waals surface area (Å²) < 4.78 is 0. The highest BCUT2D eigenvalue weighted by Crippen LogP contribution is 2.54. The van der Waals surface area contributed by atoms with Crippen LogP contribution in [-0.4, -0.2) is 0 Å². The van der Waals surface area contributed by atoms with E-state index in [4.69, 9.17) is 0 Å². The molecule has 0 spiro atoms. The minimum absolute atomic E-state index is 0.187. The minimum atomic E-state index is -0.187. The van der Waals surface area contributed by atoms with Crippen LogP contribution in [-0.2, 0) is 10.8 Å². The van der Waals surface area contributed by atoms with Crippen molar-refractivity contribution in [2.24, 2.45) is 0 Å². The zero-order chi connectivity index (χ0) is 57.4. The van der Waals surface area contributed by atoms with Gasteiger partial charge < -0.3 is 9.80 Å². The fraction of sp³-hybridized carbons (Fsp3) is 0.122. The van der Waals surface area contributed by atoms with Gasteiger partial charge in [0.25, 0.3) is 0 Å². The third kappa shape index (κ3) is 9.33. The number of benzene rings is 12. The molecule has 0 aromatic heterocycles. The van der Waals surface area contributed by atoms with E-state index in [-0.39, 0.29) is 10.8 Å². The van der Waals surface area contributed by atoms with Crippen molar-refractivity contribution in [2.75, 3.05) is 9.80 Å². The van der Waals surface area contributed by atoms with E-state index in [1.165, 1.54) is 156 Å². The van der Waals surface area contributed by atoms with Gasteiger partial charge in [-0.2, -0.15) is 0 Å². The quantitative estimate of drug-likeness (QED) is 0.119. The van der Waals surface area contributed by atoms with Crippen molar-refractivity contribution in [1.29, 1.82) is 0 Å². The molecule has 14 rings (SSSR count). The molecule has 0 heterocycles. The number of aryl methyl sites for hydroxylation is 4. The molecule has 2 aliphatic carbocycles. The predicted molar refractivity (Wildman–Crippen MR) is 361 cm³/mol. The molecule has 0 saturated heterocycles. The van der Waals surface area contributed by atoms with Crippen LogP contribution < -0.4 is 9.80 Å².